The molecule has 0 atom stereocenters. The monoisotopic (exact) mass is 361 g/mol. The fraction of sp³-hybridized carbons (Fsp3) is 0.190. The summed E-state index contributed by atoms with van der Waals surface area (Å²) >= 11 is 1.42. The number of benzene rings is 1. The molecule has 0 aliphatic carbocycles. The molecule has 26 heavy (non-hydrogen) atoms. The molecule has 0 spiro atoms. The number of fused-ring (bicyclic) bond motifs is 1. The third-order valence-corrected chi connectivity index (χ3v) is 5.36. The van der Waals surface area contributed by atoms with Crippen LogP contribution in [0.15, 0.2) is 58.8 Å². The Kier molecular flexibility index (Phi) is 3.96. The SMILES string of the molecule is CC(C)(C)c1ccc(-c2csc3c(=O)[nH]c(-c4ccccn4)nc23)cc1. The Morgan fingerprint density at radius 2 is 1.81 bits per heavy atom. The summed E-state index contributed by atoms with van der Waals surface area (Å²) < 4.78 is 0.638. The summed E-state index contributed by atoms with van der Waals surface area (Å²) in [6.07, 6.45) is 1.69. The van der Waals surface area contributed by atoms with Crippen LogP contribution < -0.4 is 5.56 Å². The lowest BCUT2D eigenvalue weighted by atomic mass is 9.86. The highest BCUT2D eigenvalue weighted by molar-refractivity contribution is 7.17. The molecule has 0 bridgehead atoms. The topological polar surface area (TPSA) is 58.6 Å². The number of nitrogens with one attached hydrogen (secondary N) is 1. The maximum Gasteiger partial charge on any atom is 0.269 e. The minimum atomic E-state index is -0.127. The van der Waals surface area contributed by atoms with Crippen LogP contribution in [0, 0.1) is 0 Å². The zero-order valence-corrected chi connectivity index (χ0v) is 15.7. The first-order chi connectivity index (χ1) is 12.4. The van der Waals surface area contributed by atoms with Gasteiger partial charge in [0.25, 0.3) is 5.56 Å². The number of thiophene rings is 1. The number of hydrogen-bond acceptors (Lipinski definition) is 4. The molecular formula is C21H19N3OS. The lowest BCUT2D eigenvalue weighted by Gasteiger charge is -2.19. The Bertz CT molecular complexity index is 1120. The van der Waals surface area contributed by atoms with Crippen LogP contribution in [-0.4, -0.2) is 15.0 Å². The molecule has 0 unspecified atom stereocenters. The van der Waals surface area contributed by atoms with E-state index >= 15 is 0 Å². The van der Waals surface area contributed by atoms with Crippen LogP contribution in [0.2, 0.25) is 0 Å². The van der Waals surface area contributed by atoms with Crippen molar-refractivity contribution in [3.63, 3.8) is 0 Å². The first-order valence-corrected chi connectivity index (χ1v) is 9.35. The van der Waals surface area contributed by atoms with E-state index in [0.717, 1.165) is 16.6 Å². The summed E-state index contributed by atoms with van der Waals surface area (Å²) in [6, 6.07) is 14.1. The van der Waals surface area contributed by atoms with Crippen molar-refractivity contribution < 1.29 is 0 Å². The molecule has 3 aromatic heterocycles. The van der Waals surface area contributed by atoms with Gasteiger partial charge in [-0.2, -0.15) is 0 Å². The molecule has 1 N–H and O–H groups in total. The van der Waals surface area contributed by atoms with E-state index in [1.54, 1.807) is 6.20 Å². The van der Waals surface area contributed by atoms with Crippen molar-refractivity contribution >= 4 is 21.6 Å². The molecule has 0 amide bonds. The first-order valence-electron chi connectivity index (χ1n) is 8.47. The number of rotatable bonds is 2. The van der Waals surface area contributed by atoms with Gasteiger partial charge in [0.2, 0.25) is 0 Å². The molecule has 5 heteroatoms. The van der Waals surface area contributed by atoms with Gasteiger partial charge in [0.15, 0.2) is 5.82 Å². The second kappa shape index (κ2) is 6.18. The van der Waals surface area contributed by atoms with Gasteiger partial charge in [0.05, 0.1) is 5.52 Å². The Hall–Kier alpha value is -2.79. The van der Waals surface area contributed by atoms with Crippen LogP contribution in [0.5, 0.6) is 0 Å². The van der Waals surface area contributed by atoms with Gasteiger partial charge in [0.1, 0.15) is 10.4 Å². The van der Waals surface area contributed by atoms with E-state index in [0.29, 0.717) is 16.2 Å². The number of pyridine rings is 1. The largest absolute Gasteiger partial charge is 0.304 e. The lowest BCUT2D eigenvalue weighted by molar-refractivity contribution is 0.590. The van der Waals surface area contributed by atoms with Crippen molar-refractivity contribution in [2.24, 2.45) is 0 Å². The Morgan fingerprint density at radius 3 is 2.46 bits per heavy atom. The second-order valence-electron chi connectivity index (χ2n) is 7.28. The third-order valence-electron chi connectivity index (χ3n) is 4.40. The average molecular weight is 361 g/mol. The normalized spacial score (nSPS) is 11.8. The van der Waals surface area contributed by atoms with Gasteiger partial charge in [-0.05, 0) is 28.7 Å². The van der Waals surface area contributed by atoms with E-state index < -0.39 is 0 Å². The number of nitrogens with zero attached hydrogens (tertiary/aromatic N) is 2. The van der Waals surface area contributed by atoms with Crippen LogP contribution in [0.25, 0.3) is 32.9 Å². The third kappa shape index (κ3) is 2.95. The van der Waals surface area contributed by atoms with Crippen molar-refractivity contribution in [2.45, 2.75) is 26.2 Å². The molecular weight excluding hydrogens is 342 g/mol. The van der Waals surface area contributed by atoms with Crippen molar-refractivity contribution in [2.75, 3.05) is 0 Å². The summed E-state index contributed by atoms with van der Waals surface area (Å²) in [4.78, 5) is 24.3. The van der Waals surface area contributed by atoms with Crippen LogP contribution in [0.4, 0.5) is 0 Å². The molecule has 0 saturated carbocycles. The zero-order chi connectivity index (χ0) is 18.3. The smallest absolute Gasteiger partial charge is 0.269 e. The van der Waals surface area contributed by atoms with Gasteiger partial charge in [-0.25, -0.2) is 4.98 Å². The Balaban J connectivity index is 1.86. The average Bonchev–Trinajstić information content (AvgIpc) is 3.06. The zero-order valence-electron chi connectivity index (χ0n) is 14.9. The maximum absolute atomic E-state index is 12.5. The van der Waals surface area contributed by atoms with E-state index in [9.17, 15) is 4.79 Å². The quantitative estimate of drug-likeness (QED) is 0.546. The Morgan fingerprint density at radius 1 is 1.04 bits per heavy atom. The van der Waals surface area contributed by atoms with Gasteiger partial charge in [-0.3, -0.25) is 9.78 Å². The number of hydrogen-bond donors (Lipinski definition) is 1. The fourth-order valence-electron chi connectivity index (χ4n) is 2.91. The molecule has 130 valence electrons. The second-order valence-corrected chi connectivity index (χ2v) is 8.16. The molecule has 4 nitrogen and oxygen atoms in total. The first kappa shape index (κ1) is 16.7. The van der Waals surface area contributed by atoms with Gasteiger partial charge in [-0.15, -0.1) is 11.3 Å². The molecule has 0 aliphatic rings. The van der Waals surface area contributed by atoms with Gasteiger partial charge >= 0.3 is 0 Å². The van der Waals surface area contributed by atoms with E-state index in [-0.39, 0.29) is 11.0 Å². The highest BCUT2D eigenvalue weighted by atomic mass is 32.1. The van der Waals surface area contributed by atoms with E-state index in [2.05, 4.69) is 55.0 Å². The molecule has 0 aliphatic heterocycles. The van der Waals surface area contributed by atoms with Crippen molar-refractivity contribution in [1.29, 1.82) is 0 Å². The van der Waals surface area contributed by atoms with E-state index in [1.165, 1.54) is 16.9 Å². The molecule has 0 fully saturated rings. The minimum absolute atomic E-state index is 0.108. The molecule has 4 aromatic rings. The summed E-state index contributed by atoms with van der Waals surface area (Å²) in [5.41, 5.74) is 4.69. The summed E-state index contributed by atoms with van der Waals surface area (Å²) in [5, 5.41) is 2.00. The number of aromatic amines is 1. The van der Waals surface area contributed by atoms with Crippen LogP contribution in [0.1, 0.15) is 26.3 Å². The Labute approximate surface area is 155 Å². The van der Waals surface area contributed by atoms with E-state index in [1.807, 2.05) is 23.6 Å². The fourth-order valence-corrected chi connectivity index (χ4v) is 3.82. The predicted molar refractivity (Wildman–Crippen MR) is 108 cm³/mol. The summed E-state index contributed by atoms with van der Waals surface area (Å²) in [6.45, 7) is 6.59. The molecule has 0 saturated heterocycles. The molecule has 1 aromatic carbocycles. The number of H-pyrrole nitrogens is 1. The summed E-state index contributed by atoms with van der Waals surface area (Å²) in [5.74, 6) is 0.495. The van der Waals surface area contributed by atoms with Gasteiger partial charge in [-0.1, -0.05) is 51.1 Å². The van der Waals surface area contributed by atoms with Crippen LogP contribution in [0.3, 0.4) is 0 Å². The van der Waals surface area contributed by atoms with Crippen LogP contribution >= 0.6 is 11.3 Å². The van der Waals surface area contributed by atoms with Crippen LogP contribution in [-0.2, 0) is 5.41 Å². The van der Waals surface area contributed by atoms with Crippen molar-refractivity contribution in [3.8, 4) is 22.6 Å². The molecule has 3 heterocycles. The predicted octanol–water partition coefficient (Wildman–Crippen LogP) is 5.01. The standard InChI is InChI=1S/C21H19N3OS/c1-21(2,3)14-9-7-13(8-10-14)15-12-26-18-17(15)23-19(24-20(18)25)16-6-4-5-11-22-16/h4-12H,1-3H3,(H,23,24,25). The minimum Gasteiger partial charge on any atom is -0.304 e. The van der Waals surface area contributed by atoms with Crippen molar-refractivity contribution in [1.82, 2.24) is 15.0 Å². The lowest BCUT2D eigenvalue weighted by Crippen LogP contribution is -2.10. The van der Waals surface area contributed by atoms with Crippen molar-refractivity contribution in [3.05, 3.63) is 70.0 Å². The maximum atomic E-state index is 12.5. The highest BCUT2D eigenvalue weighted by Gasteiger charge is 2.16. The summed E-state index contributed by atoms with van der Waals surface area (Å²) in [7, 11) is 0. The number of aromatic nitrogens is 3. The molecule has 0 radical (unpaired) electrons. The van der Waals surface area contributed by atoms with Gasteiger partial charge in [0, 0.05) is 17.1 Å². The van der Waals surface area contributed by atoms with Gasteiger partial charge < -0.3 is 4.98 Å². The highest BCUT2D eigenvalue weighted by Crippen LogP contribution is 2.33. The van der Waals surface area contributed by atoms with E-state index in [4.69, 9.17) is 4.98 Å². The molecule has 4 rings (SSSR count).